The van der Waals surface area contributed by atoms with Crippen molar-refractivity contribution < 1.29 is 4.52 Å². The van der Waals surface area contributed by atoms with Crippen molar-refractivity contribution >= 4 is 0 Å². The molecule has 2 aliphatic rings. The van der Waals surface area contributed by atoms with Crippen LogP contribution in [0.4, 0.5) is 0 Å². The van der Waals surface area contributed by atoms with Crippen molar-refractivity contribution in [2.24, 2.45) is 0 Å². The summed E-state index contributed by atoms with van der Waals surface area (Å²) in [6, 6.07) is 3.47. The fourth-order valence-electron chi connectivity index (χ4n) is 3.24. The second-order valence-electron chi connectivity index (χ2n) is 6.44. The van der Waals surface area contributed by atoms with E-state index in [9.17, 15) is 0 Å². The van der Waals surface area contributed by atoms with Crippen molar-refractivity contribution in [1.29, 1.82) is 0 Å². The Kier molecular flexibility index (Phi) is 4.10. The molecule has 1 aromatic rings. The molecule has 0 radical (unpaired) electrons. The largest absolute Gasteiger partial charge is 0.361 e. The zero-order valence-corrected chi connectivity index (χ0v) is 12.9. The van der Waals surface area contributed by atoms with Crippen LogP contribution in [0.15, 0.2) is 10.6 Å². The minimum atomic E-state index is 0.686. The highest BCUT2D eigenvalue weighted by Gasteiger charge is 2.33. The van der Waals surface area contributed by atoms with Gasteiger partial charge in [0.05, 0.1) is 5.69 Å². The monoisotopic (exact) mass is 278 g/mol. The number of nitrogens with zero attached hydrogens (tertiary/aromatic N) is 4. The van der Waals surface area contributed by atoms with Crippen LogP contribution >= 0.6 is 0 Å². The van der Waals surface area contributed by atoms with Gasteiger partial charge in [0.25, 0.3) is 0 Å². The van der Waals surface area contributed by atoms with Gasteiger partial charge in [-0.15, -0.1) is 0 Å². The van der Waals surface area contributed by atoms with E-state index in [2.05, 4.69) is 33.7 Å². The quantitative estimate of drug-likeness (QED) is 0.827. The van der Waals surface area contributed by atoms with Gasteiger partial charge < -0.3 is 4.52 Å². The molecule has 20 heavy (non-hydrogen) atoms. The molecular formula is C15H26N4O. The summed E-state index contributed by atoms with van der Waals surface area (Å²) in [5.74, 6) is 0.905. The Morgan fingerprint density at radius 3 is 2.50 bits per heavy atom. The van der Waals surface area contributed by atoms with Gasteiger partial charge in [-0.25, -0.2) is 0 Å². The van der Waals surface area contributed by atoms with E-state index in [1.54, 1.807) is 0 Å². The Bertz CT molecular complexity index is 431. The third-order valence-electron chi connectivity index (χ3n) is 4.60. The van der Waals surface area contributed by atoms with E-state index >= 15 is 0 Å². The lowest BCUT2D eigenvalue weighted by Crippen LogP contribution is -2.63. The van der Waals surface area contributed by atoms with E-state index in [0.29, 0.717) is 6.04 Å². The van der Waals surface area contributed by atoms with E-state index in [-0.39, 0.29) is 0 Å². The Labute approximate surface area is 121 Å². The van der Waals surface area contributed by atoms with E-state index in [1.807, 2.05) is 13.0 Å². The fourth-order valence-corrected chi connectivity index (χ4v) is 3.24. The van der Waals surface area contributed by atoms with Gasteiger partial charge in [0.15, 0.2) is 0 Å². The highest BCUT2D eigenvalue weighted by molar-refractivity contribution is 5.05. The molecule has 0 aliphatic carbocycles. The van der Waals surface area contributed by atoms with Gasteiger partial charge in [0.2, 0.25) is 0 Å². The van der Waals surface area contributed by atoms with Gasteiger partial charge in [0, 0.05) is 64.0 Å². The van der Waals surface area contributed by atoms with Crippen LogP contribution in [-0.2, 0) is 6.54 Å². The standard InChI is InChI=1S/C15H26N4O/c1-12(2)18-4-6-19(7-5-18)15-10-17(11-15)9-14-8-13(3)20-16-14/h8,12,15H,4-7,9-11H2,1-3H3. The third-order valence-corrected chi connectivity index (χ3v) is 4.60. The maximum Gasteiger partial charge on any atom is 0.133 e. The smallest absolute Gasteiger partial charge is 0.133 e. The van der Waals surface area contributed by atoms with Crippen LogP contribution < -0.4 is 0 Å². The van der Waals surface area contributed by atoms with Crippen molar-refractivity contribution in [1.82, 2.24) is 19.9 Å². The lowest BCUT2D eigenvalue weighted by molar-refractivity contribution is -0.00493. The van der Waals surface area contributed by atoms with Gasteiger partial charge in [-0.2, -0.15) is 0 Å². The van der Waals surface area contributed by atoms with Gasteiger partial charge in [0.1, 0.15) is 5.76 Å². The molecule has 0 spiro atoms. The second kappa shape index (κ2) is 5.84. The number of rotatable bonds is 4. The summed E-state index contributed by atoms with van der Waals surface area (Å²) in [4.78, 5) is 7.69. The molecule has 2 aliphatic heterocycles. The predicted molar refractivity (Wildman–Crippen MR) is 78.6 cm³/mol. The van der Waals surface area contributed by atoms with Gasteiger partial charge in [-0.1, -0.05) is 5.16 Å². The summed E-state index contributed by atoms with van der Waals surface area (Å²) < 4.78 is 5.12. The molecule has 5 heteroatoms. The first-order chi connectivity index (χ1) is 9.61. The summed E-state index contributed by atoms with van der Waals surface area (Å²) >= 11 is 0. The van der Waals surface area contributed by atoms with Crippen molar-refractivity contribution in [3.8, 4) is 0 Å². The molecule has 0 unspecified atom stereocenters. The zero-order chi connectivity index (χ0) is 14.1. The number of aryl methyl sites for hydroxylation is 1. The molecule has 2 saturated heterocycles. The molecular weight excluding hydrogens is 252 g/mol. The van der Waals surface area contributed by atoms with Gasteiger partial charge in [-0.3, -0.25) is 14.7 Å². The number of piperazine rings is 1. The van der Waals surface area contributed by atoms with Gasteiger partial charge in [-0.05, 0) is 20.8 Å². The van der Waals surface area contributed by atoms with Crippen molar-refractivity contribution in [3.63, 3.8) is 0 Å². The molecule has 0 N–H and O–H groups in total. The molecule has 0 saturated carbocycles. The Hall–Kier alpha value is -0.910. The minimum absolute atomic E-state index is 0.686. The highest BCUT2D eigenvalue weighted by atomic mass is 16.5. The highest BCUT2D eigenvalue weighted by Crippen LogP contribution is 2.19. The average molecular weight is 278 g/mol. The van der Waals surface area contributed by atoms with E-state index in [4.69, 9.17) is 4.52 Å². The summed E-state index contributed by atoms with van der Waals surface area (Å²) in [5, 5.41) is 4.07. The summed E-state index contributed by atoms with van der Waals surface area (Å²) in [6.45, 7) is 14.7. The molecule has 0 amide bonds. The molecule has 112 valence electrons. The van der Waals surface area contributed by atoms with Crippen molar-refractivity contribution in [3.05, 3.63) is 17.5 Å². The lowest BCUT2D eigenvalue weighted by Gasteiger charge is -2.48. The van der Waals surface area contributed by atoms with Crippen molar-refractivity contribution in [2.75, 3.05) is 39.3 Å². The first-order valence-electron chi connectivity index (χ1n) is 7.74. The normalized spacial score (nSPS) is 23.4. The summed E-state index contributed by atoms with van der Waals surface area (Å²) in [7, 11) is 0. The summed E-state index contributed by atoms with van der Waals surface area (Å²) in [5.41, 5.74) is 1.06. The van der Waals surface area contributed by atoms with Crippen LogP contribution in [0.25, 0.3) is 0 Å². The van der Waals surface area contributed by atoms with Crippen LogP contribution in [-0.4, -0.2) is 71.2 Å². The van der Waals surface area contributed by atoms with Crippen LogP contribution in [0, 0.1) is 6.92 Å². The molecule has 0 aromatic carbocycles. The Balaban J connectivity index is 1.40. The number of hydrogen-bond acceptors (Lipinski definition) is 5. The van der Waals surface area contributed by atoms with Crippen LogP contribution in [0.5, 0.6) is 0 Å². The number of aromatic nitrogens is 1. The topological polar surface area (TPSA) is 35.8 Å². The average Bonchev–Trinajstić information content (AvgIpc) is 2.79. The zero-order valence-electron chi connectivity index (χ0n) is 12.9. The summed E-state index contributed by atoms with van der Waals surface area (Å²) in [6.07, 6.45) is 0. The second-order valence-corrected chi connectivity index (χ2v) is 6.44. The molecule has 0 bridgehead atoms. The fraction of sp³-hybridized carbons (Fsp3) is 0.800. The molecule has 5 nitrogen and oxygen atoms in total. The molecule has 1 aromatic heterocycles. The molecule has 0 atom stereocenters. The van der Waals surface area contributed by atoms with E-state index < -0.39 is 0 Å². The minimum Gasteiger partial charge on any atom is -0.361 e. The van der Waals surface area contributed by atoms with E-state index in [1.165, 1.54) is 39.3 Å². The third kappa shape index (κ3) is 3.05. The van der Waals surface area contributed by atoms with E-state index in [0.717, 1.165) is 24.0 Å². The Morgan fingerprint density at radius 1 is 1.25 bits per heavy atom. The first kappa shape index (κ1) is 14.0. The predicted octanol–water partition coefficient (Wildman–Crippen LogP) is 1.19. The number of hydrogen-bond donors (Lipinski definition) is 0. The first-order valence-corrected chi connectivity index (χ1v) is 7.74. The van der Waals surface area contributed by atoms with Crippen LogP contribution in [0.3, 0.4) is 0 Å². The number of likely N-dealkylation sites (tertiary alicyclic amines) is 1. The SMILES string of the molecule is Cc1cc(CN2CC(N3CCN(C(C)C)CC3)C2)no1. The Morgan fingerprint density at radius 2 is 1.95 bits per heavy atom. The maximum absolute atomic E-state index is 5.12. The molecule has 2 fully saturated rings. The van der Waals surface area contributed by atoms with Crippen molar-refractivity contribution in [2.45, 2.75) is 39.4 Å². The lowest BCUT2D eigenvalue weighted by atomic mass is 10.1. The molecule has 3 heterocycles. The maximum atomic E-state index is 5.12. The van der Waals surface area contributed by atoms with Crippen LogP contribution in [0.1, 0.15) is 25.3 Å². The van der Waals surface area contributed by atoms with Crippen LogP contribution in [0.2, 0.25) is 0 Å². The molecule has 3 rings (SSSR count). The van der Waals surface area contributed by atoms with Gasteiger partial charge >= 0.3 is 0 Å².